The van der Waals surface area contributed by atoms with Gasteiger partial charge in [-0.05, 0) is 25.1 Å². The van der Waals surface area contributed by atoms with Gasteiger partial charge in [-0.15, -0.1) is 0 Å². The highest BCUT2D eigenvalue weighted by Gasteiger charge is 2.25. The molecule has 1 amide bonds. The van der Waals surface area contributed by atoms with Crippen LogP contribution in [0.4, 0.5) is 4.79 Å². The molecular weight excluding hydrogens is 398 g/mol. The van der Waals surface area contributed by atoms with Crippen molar-refractivity contribution in [1.82, 2.24) is 13.8 Å². The van der Waals surface area contributed by atoms with Crippen LogP contribution in [0.3, 0.4) is 0 Å². The molecule has 1 aliphatic rings. The molecule has 1 fully saturated rings. The number of benzene rings is 1. The van der Waals surface area contributed by atoms with Gasteiger partial charge in [-0.2, -0.15) is 0 Å². The second-order valence-electron chi connectivity index (χ2n) is 6.57. The molecule has 0 unspecified atom stereocenters. The van der Waals surface area contributed by atoms with Crippen molar-refractivity contribution in [1.29, 1.82) is 0 Å². The Kier molecular flexibility index (Phi) is 6.23. The Morgan fingerprint density at radius 1 is 1.10 bits per heavy atom. The van der Waals surface area contributed by atoms with Gasteiger partial charge in [-0.3, -0.25) is 9.69 Å². The second kappa shape index (κ2) is 8.66. The average Bonchev–Trinajstić information content (AvgIpc) is 2.72. The molecule has 1 aromatic carbocycles. The molecule has 0 bridgehead atoms. The van der Waals surface area contributed by atoms with E-state index in [0.29, 0.717) is 42.3 Å². The topological polar surface area (TPSA) is 109 Å². The molecule has 0 radical (unpaired) electrons. The summed E-state index contributed by atoms with van der Waals surface area (Å²) >= 11 is 0. The van der Waals surface area contributed by atoms with Crippen LogP contribution in [0.25, 0.3) is 0 Å². The first-order valence-electron chi connectivity index (χ1n) is 9.22. The van der Waals surface area contributed by atoms with E-state index in [-0.39, 0.29) is 17.5 Å². The summed E-state index contributed by atoms with van der Waals surface area (Å²) in [5, 5.41) is 10.3. The van der Waals surface area contributed by atoms with Gasteiger partial charge in [0.1, 0.15) is 0 Å². The van der Waals surface area contributed by atoms with Crippen LogP contribution in [0.5, 0.6) is 5.75 Å². The van der Waals surface area contributed by atoms with Crippen molar-refractivity contribution < 1.29 is 23.1 Å². The first-order valence-corrected chi connectivity index (χ1v) is 10.7. The number of pyridine rings is 1. The maximum atomic E-state index is 12.7. The Hall–Kier alpha value is -2.85. The minimum Gasteiger partial charge on any atom is -0.503 e. The van der Waals surface area contributed by atoms with Gasteiger partial charge >= 0.3 is 11.7 Å². The third kappa shape index (κ3) is 4.43. The summed E-state index contributed by atoms with van der Waals surface area (Å²) < 4.78 is 30.8. The van der Waals surface area contributed by atoms with E-state index in [2.05, 4.69) is 0 Å². The van der Waals surface area contributed by atoms with Crippen molar-refractivity contribution in [3.63, 3.8) is 0 Å². The molecule has 9 nitrogen and oxygen atoms in total. The minimum absolute atomic E-state index is 0.0377. The Bertz CT molecular complexity index is 1030. The van der Waals surface area contributed by atoms with Gasteiger partial charge in [-0.1, -0.05) is 18.2 Å². The highest BCUT2D eigenvalue weighted by atomic mass is 32.2. The molecule has 0 spiro atoms. The number of aromatic nitrogens is 1. The predicted octanol–water partition coefficient (Wildman–Crippen LogP) is 1.07. The van der Waals surface area contributed by atoms with E-state index in [1.807, 2.05) is 4.90 Å². The summed E-state index contributed by atoms with van der Waals surface area (Å²) in [5.74, 6) is -0.597. The second-order valence-corrected chi connectivity index (χ2v) is 8.39. The van der Waals surface area contributed by atoms with Gasteiger partial charge in [0, 0.05) is 44.5 Å². The summed E-state index contributed by atoms with van der Waals surface area (Å²) in [4.78, 5) is 27.8. The normalized spacial score (nSPS) is 15.3. The molecule has 10 heteroatoms. The van der Waals surface area contributed by atoms with Crippen LogP contribution >= 0.6 is 0 Å². The molecule has 29 heavy (non-hydrogen) atoms. The number of nitrogens with zero attached hydrogens (tertiary/aromatic N) is 3. The third-order valence-corrected chi connectivity index (χ3v) is 6.38. The van der Waals surface area contributed by atoms with Crippen LogP contribution < -0.4 is 5.56 Å². The number of hydrogen-bond donors (Lipinski definition) is 1. The molecule has 1 aliphatic heterocycles. The lowest BCUT2D eigenvalue weighted by molar-refractivity contribution is 0.0776. The average molecular weight is 421 g/mol. The van der Waals surface area contributed by atoms with Crippen molar-refractivity contribution >= 4 is 16.1 Å². The lowest BCUT2D eigenvalue weighted by Crippen LogP contribution is -2.48. The van der Waals surface area contributed by atoms with Gasteiger partial charge in [0.2, 0.25) is 0 Å². The SMILES string of the molecule is CCOC(=O)N1CCN(Cc2ccn(S(=O)(=O)c3ccccc3)c(=O)c2O)CC1. The zero-order chi connectivity index (χ0) is 21.0. The van der Waals surface area contributed by atoms with E-state index in [9.17, 15) is 23.1 Å². The smallest absolute Gasteiger partial charge is 0.409 e. The summed E-state index contributed by atoms with van der Waals surface area (Å²) in [6, 6.07) is 8.98. The van der Waals surface area contributed by atoms with Crippen LogP contribution in [0, 0.1) is 0 Å². The molecule has 3 rings (SSSR count). The summed E-state index contributed by atoms with van der Waals surface area (Å²) in [6.07, 6.45) is 0.804. The molecule has 1 N–H and O–H groups in total. The molecule has 0 aliphatic carbocycles. The largest absolute Gasteiger partial charge is 0.503 e. The fourth-order valence-corrected chi connectivity index (χ4v) is 4.37. The van der Waals surface area contributed by atoms with E-state index >= 15 is 0 Å². The maximum Gasteiger partial charge on any atom is 0.409 e. The highest BCUT2D eigenvalue weighted by Crippen LogP contribution is 2.18. The highest BCUT2D eigenvalue weighted by molar-refractivity contribution is 7.90. The third-order valence-electron chi connectivity index (χ3n) is 4.71. The van der Waals surface area contributed by atoms with Crippen LogP contribution in [0.15, 0.2) is 52.3 Å². The van der Waals surface area contributed by atoms with Crippen LogP contribution in [-0.2, 0) is 21.3 Å². The molecule has 0 atom stereocenters. The number of hydrogen-bond acceptors (Lipinski definition) is 7. The first kappa shape index (κ1) is 20.9. The number of amides is 1. The van der Waals surface area contributed by atoms with E-state index in [0.717, 1.165) is 6.20 Å². The fraction of sp³-hybridized carbons (Fsp3) is 0.368. The standard InChI is InChI=1S/C19H23N3O6S/c1-2-28-19(25)21-12-10-20(11-13-21)14-15-8-9-22(18(24)17(15)23)29(26,27)16-6-4-3-5-7-16/h3-9,23H,2,10-14H2,1H3. The number of piperazine rings is 1. The number of rotatable bonds is 5. The predicted molar refractivity (Wildman–Crippen MR) is 105 cm³/mol. The van der Waals surface area contributed by atoms with Gasteiger partial charge < -0.3 is 14.7 Å². The maximum absolute atomic E-state index is 12.7. The Morgan fingerprint density at radius 3 is 2.38 bits per heavy atom. The van der Waals surface area contributed by atoms with Crippen molar-refractivity contribution in [3.05, 3.63) is 58.5 Å². The Morgan fingerprint density at radius 2 is 1.76 bits per heavy atom. The lowest BCUT2D eigenvalue weighted by atomic mass is 10.2. The molecule has 1 aromatic heterocycles. The monoisotopic (exact) mass is 421 g/mol. The number of ether oxygens (including phenoxy) is 1. The zero-order valence-electron chi connectivity index (χ0n) is 16.0. The zero-order valence-corrected chi connectivity index (χ0v) is 16.8. The van der Waals surface area contributed by atoms with Crippen LogP contribution in [0.2, 0.25) is 0 Å². The molecule has 1 saturated heterocycles. The first-order chi connectivity index (χ1) is 13.8. The quantitative estimate of drug-likeness (QED) is 0.769. The molecule has 0 saturated carbocycles. The van der Waals surface area contributed by atoms with E-state index in [4.69, 9.17) is 4.74 Å². The van der Waals surface area contributed by atoms with Gasteiger partial charge in [0.05, 0.1) is 11.5 Å². The summed E-state index contributed by atoms with van der Waals surface area (Å²) in [5.41, 5.74) is -0.657. The van der Waals surface area contributed by atoms with E-state index in [1.54, 1.807) is 30.0 Å². The molecule has 2 heterocycles. The summed E-state index contributed by atoms with van der Waals surface area (Å²) in [7, 11) is -4.09. The molecular formula is C19H23N3O6S. The molecule has 156 valence electrons. The van der Waals surface area contributed by atoms with Gasteiger partial charge in [-0.25, -0.2) is 17.2 Å². The lowest BCUT2D eigenvalue weighted by Gasteiger charge is -2.34. The van der Waals surface area contributed by atoms with E-state index < -0.39 is 21.3 Å². The van der Waals surface area contributed by atoms with Crippen LogP contribution in [-0.4, -0.2) is 66.2 Å². The minimum atomic E-state index is -4.09. The Labute approximate surface area is 168 Å². The van der Waals surface area contributed by atoms with Gasteiger partial charge in [0.15, 0.2) is 5.75 Å². The van der Waals surface area contributed by atoms with Gasteiger partial charge in [0.25, 0.3) is 10.0 Å². The number of aromatic hydroxyl groups is 1. The van der Waals surface area contributed by atoms with Crippen LogP contribution in [0.1, 0.15) is 12.5 Å². The Balaban J connectivity index is 1.74. The number of carbonyl (C=O) groups excluding carboxylic acids is 1. The summed E-state index contributed by atoms with van der Waals surface area (Å²) in [6.45, 7) is 4.36. The van der Waals surface area contributed by atoms with E-state index in [1.165, 1.54) is 18.2 Å². The molecule has 2 aromatic rings. The fourth-order valence-electron chi connectivity index (χ4n) is 3.11. The van der Waals surface area contributed by atoms with Crippen molar-refractivity contribution in [2.24, 2.45) is 0 Å². The number of carbonyl (C=O) groups is 1. The van der Waals surface area contributed by atoms with Crippen molar-refractivity contribution in [2.45, 2.75) is 18.4 Å². The van der Waals surface area contributed by atoms with Crippen molar-refractivity contribution in [2.75, 3.05) is 32.8 Å². The van der Waals surface area contributed by atoms with Crippen molar-refractivity contribution in [3.8, 4) is 5.75 Å².